The summed E-state index contributed by atoms with van der Waals surface area (Å²) in [6.07, 6.45) is -4.07. The number of rotatable bonds is 4. The van der Waals surface area contributed by atoms with Crippen LogP contribution >= 0.6 is 0 Å². The molecule has 7 heteroatoms. The third kappa shape index (κ3) is 3.61. The van der Waals surface area contributed by atoms with Crippen molar-refractivity contribution in [2.75, 3.05) is 11.9 Å². The lowest BCUT2D eigenvalue weighted by atomic mass is 10.1. The van der Waals surface area contributed by atoms with Crippen molar-refractivity contribution in [3.8, 4) is 0 Å². The van der Waals surface area contributed by atoms with E-state index in [1.54, 1.807) is 0 Å². The molecule has 0 saturated heterocycles. The van der Waals surface area contributed by atoms with Gasteiger partial charge in [0, 0.05) is 11.9 Å². The fourth-order valence-corrected chi connectivity index (χ4v) is 2.33. The van der Waals surface area contributed by atoms with E-state index in [1.165, 1.54) is 6.07 Å². The molecule has 0 radical (unpaired) electrons. The van der Waals surface area contributed by atoms with Crippen LogP contribution in [0, 0.1) is 5.82 Å². The number of fused-ring (bicyclic) bond motifs is 1. The van der Waals surface area contributed by atoms with Crippen LogP contribution in [0.2, 0.25) is 0 Å². The molecule has 1 heterocycles. The van der Waals surface area contributed by atoms with E-state index in [1.807, 2.05) is 30.3 Å². The molecule has 124 valence electrons. The number of aromatic nitrogens is 2. The van der Waals surface area contributed by atoms with Gasteiger partial charge in [0.1, 0.15) is 11.6 Å². The highest BCUT2D eigenvalue weighted by molar-refractivity contribution is 5.89. The van der Waals surface area contributed by atoms with Gasteiger partial charge in [-0.1, -0.05) is 30.3 Å². The Morgan fingerprint density at radius 1 is 0.958 bits per heavy atom. The maximum Gasteiger partial charge on any atom is 0.451 e. The molecule has 1 aromatic heterocycles. The summed E-state index contributed by atoms with van der Waals surface area (Å²) in [6, 6.07) is 12.9. The van der Waals surface area contributed by atoms with E-state index < -0.39 is 17.8 Å². The smallest absolute Gasteiger partial charge is 0.369 e. The van der Waals surface area contributed by atoms with Crippen LogP contribution in [0.1, 0.15) is 11.4 Å². The van der Waals surface area contributed by atoms with Crippen molar-refractivity contribution in [1.82, 2.24) is 9.97 Å². The monoisotopic (exact) mass is 335 g/mol. The lowest BCUT2D eigenvalue weighted by Crippen LogP contribution is -2.15. The second-order valence-corrected chi connectivity index (χ2v) is 5.22. The fraction of sp³-hybridized carbons (Fsp3) is 0.176. The van der Waals surface area contributed by atoms with Gasteiger partial charge in [0.25, 0.3) is 0 Å². The highest BCUT2D eigenvalue weighted by Crippen LogP contribution is 2.30. The normalized spacial score (nSPS) is 11.7. The van der Waals surface area contributed by atoms with E-state index in [4.69, 9.17) is 0 Å². The average Bonchev–Trinajstić information content (AvgIpc) is 2.55. The number of nitrogens with zero attached hydrogens (tertiary/aromatic N) is 2. The van der Waals surface area contributed by atoms with E-state index in [0.717, 1.165) is 17.7 Å². The molecule has 0 aliphatic carbocycles. The predicted molar refractivity (Wildman–Crippen MR) is 83.1 cm³/mol. The summed E-state index contributed by atoms with van der Waals surface area (Å²) >= 11 is 0. The Kier molecular flexibility index (Phi) is 4.33. The van der Waals surface area contributed by atoms with Gasteiger partial charge < -0.3 is 5.32 Å². The highest BCUT2D eigenvalue weighted by atomic mass is 19.4. The number of nitrogens with one attached hydrogen (secondary N) is 1. The van der Waals surface area contributed by atoms with Crippen LogP contribution in [-0.2, 0) is 12.6 Å². The second-order valence-electron chi connectivity index (χ2n) is 5.22. The third-order valence-corrected chi connectivity index (χ3v) is 3.46. The van der Waals surface area contributed by atoms with Gasteiger partial charge in [-0.15, -0.1) is 0 Å². The van der Waals surface area contributed by atoms with Crippen molar-refractivity contribution in [3.05, 3.63) is 65.7 Å². The number of anilines is 1. The standard InChI is InChI=1S/C17H13F4N3/c18-12-6-7-14-13(10-12)15(24-16(23-14)17(19,20)21)22-9-8-11-4-2-1-3-5-11/h1-7,10H,8-9H2,(H,22,23,24). The minimum atomic E-state index is -4.67. The van der Waals surface area contributed by atoms with E-state index in [-0.39, 0.29) is 16.7 Å². The van der Waals surface area contributed by atoms with Crippen LogP contribution in [0.25, 0.3) is 10.9 Å². The van der Waals surface area contributed by atoms with Crippen LogP contribution in [0.5, 0.6) is 0 Å². The molecule has 3 nitrogen and oxygen atoms in total. The van der Waals surface area contributed by atoms with E-state index >= 15 is 0 Å². The van der Waals surface area contributed by atoms with Crippen molar-refractivity contribution in [1.29, 1.82) is 0 Å². The topological polar surface area (TPSA) is 37.8 Å². The van der Waals surface area contributed by atoms with Crippen LogP contribution in [0.15, 0.2) is 48.5 Å². The molecule has 0 atom stereocenters. The van der Waals surface area contributed by atoms with Gasteiger partial charge in [-0.05, 0) is 30.2 Å². The first-order valence-electron chi connectivity index (χ1n) is 7.26. The Morgan fingerprint density at radius 3 is 2.42 bits per heavy atom. The predicted octanol–water partition coefficient (Wildman–Crippen LogP) is 4.44. The number of halogens is 4. The molecule has 0 fully saturated rings. The molecule has 1 N–H and O–H groups in total. The summed E-state index contributed by atoms with van der Waals surface area (Å²) in [5.74, 6) is -1.83. The van der Waals surface area contributed by atoms with Crippen molar-refractivity contribution >= 4 is 16.7 Å². The SMILES string of the molecule is Fc1ccc2nc(C(F)(F)F)nc(NCCc3ccccc3)c2c1. The van der Waals surface area contributed by atoms with Crippen molar-refractivity contribution in [2.24, 2.45) is 0 Å². The van der Waals surface area contributed by atoms with E-state index in [0.29, 0.717) is 13.0 Å². The summed E-state index contributed by atoms with van der Waals surface area (Å²) < 4.78 is 52.2. The van der Waals surface area contributed by atoms with Crippen molar-refractivity contribution < 1.29 is 17.6 Å². The minimum Gasteiger partial charge on any atom is -0.369 e. The van der Waals surface area contributed by atoms with Crippen LogP contribution in [0.3, 0.4) is 0 Å². The Hall–Kier alpha value is -2.70. The Balaban J connectivity index is 1.91. The quantitative estimate of drug-likeness (QED) is 0.716. The number of hydrogen-bond donors (Lipinski definition) is 1. The van der Waals surface area contributed by atoms with Gasteiger partial charge in [0.15, 0.2) is 0 Å². The lowest BCUT2D eigenvalue weighted by Gasteiger charge is -2.12. The van der Waals surface area contributed by atoms with E-state index in [2.05, 4.69) is 15.3 Å². The Bertz CT molecular complexity index is 848. The zero-order valence-electron chi connectivity index (χ0n) is 12.4. The molecule has 0 spiro atoms. The number of hydrogen-bond acceptors (Lipinski definition) is 3. The molecule has 0 unspecified atom stereocenters. The summed E-state index contributed by atoms with van der Waals surface area (Å²) in [4.78, 5) is 7.00. The van der Waals surface area contributed by atoms with Crippen LogP contribution in [0.4, 0.5) is 23.4 Å². The Labute approximate surface area is 135 Å². The summed E-state index contributed by atoms with van der Waals surface area (Å²) in [6.45, 7) is 0.365. The van der Waals surface area contributed by atoms with E-state index in [9.17, 15) is 17.6 Å². The molecule has 24 heavy (non-hydrogen) atoms. The van der Waals surface area contributed by atoms with Gasteiger partial charge in [0.05, 0.1) is 5.52 Å². The maximum absolute atomic E-state index is 13.4. The van der Waals surface area contributed by atoms with Crippen LogP contribution < -0.4 is 5.32 Å². The minimum absolute atomic E-state index is 0.0252. The lowest BCUT2D eigenvalue weighted by molar-refractivity contribution is -0.144. The summed E-state index contributed by atoms with van der Waals surface area (Å²) in [7, 11) is 0. The number of benzene rings is 2. The van der Waals surface area contributed by atoms with Crippen molar-refractivity contribution in [2.45, 2.75) is 12.6 Å². The molecule has 3 aromatic rings. The average molecular weight is 335 g/mol. The molecule has 0 saturated carbocycles. The van der Waals surface area contributed by atoms with Gasteiger partial charge in [-0.3, -0.25) is 0 Å². The molecule has 2 aromatic carbocycles. The Morgan fingerprint density at radius 2 is 1.71 bits per heavy atom. The zero-order chi connectivity index (χ0) is 17.2. The molecule has 3 rings (SSSR count). The molecule has 0 amide bonds. The molecule has 0 aliphatic rings. The maximum atomic E-state index is 13.4. The highest BCUT2D eigenvalue weighted by Gasteiger charge is 2.35. The first-order chi connectivity index (χ1) is 11.4. The molecular formula is C17H13F4N3. The number of alkyl halides is 3. The van der Waals surface area contributed by atoms with Crippen LogP contribution in [-0.4, -0.2) is 16.5 Å². The van der Waals surface area contributed by atoms with Gasteiger partial charge in [0.2, 0.25) is 5.82 Å². The van der Waals surface area contributed by atoms with Crippen molar-refractivity contribution in [3.63, 3.8) is 0 Å². The largest absolute Gasteiger partial charge is 0.451 e. The molecular weight excluding hydrogens is 322 g/mol. The third-order valence-electron chi connectivity index (χ3n) is 3.46. The first kappa shape index (κ1) is 16.2. The molecule has 0 aliphatic heterocycles. The summed E-state index contributed by atoms with van der Waals surface area (Å²) in [5.41, 5.74) is 1.08. The fourth-order valence-electron chi connectivity index (χ4n) is 2.33. The molecule has 0 bridgehead atoms. The zero-order valence-corrected chi connectivity index (χ0v) is 12.4. The first-order valence-corrected chi connectivity index (χ1v) is 7.26. The van der Waals surface area contributed by atoms with Gasteiger partial charge in [-0.2, -0.15) is 13.2 Å². The van der Waals surface area contributed by atoms with Gasteiger partial charge >= 0.3 is 6.18 Å². The second kappa shape index (κ2) is 6.43. The summed E-state index contributed by atoms with van der Waals surface area (Å²) in [5, 5.41) is 3.08. The van der Waals surface area contributed by atoms with Gasteiger partial charge in [-0.25, -0.2) is 14.4 Å².